The van der Waals surface area contributed by atoms with E-state index in [0.717, 1.165) is 29.1 Å². The fourth-order valence-electron chi connectivity index (χ4n) is 2.70. The molecule has 2 fully saturated rings. The number of anilines is 1. The van der Waals surface area contributed by atoms with E-state index in [2.05, 4.69) is 26.2 Å². The van der Waals surface area contributed by atoms with Gasteiger partial charge in [-0.25, -0.2) is 4.79 Å². The van der Waals surface area contributed by atoms with Crippen LogP contribution in [0.25, 0.3) is 0 Å². The Morgan fingerprint density at radius 2 is 1.84 bits per heavy atom. The fourth-order valence-corrected chi connectivity index (χ4v) is 4.34. The molecular formula is C20H21N5O5S2. The third-order valence-corrected chi connectivity index (χ3v) is 6.32. The quantitative estimate of drug-likeness (QED) is 0.425. The first kappa shape index (κ1) is 23.5. The van der Waals surface area contributed by atoms with Gasteiger partial charge in [0.15, 0.2) is 11.0 Å². The zero-order valence-electron chi connectivity index (χ0n) is 17.6. The van der Waals surface area contributed by atoms with E-state index < -0.39 is 11.2 Å². The molecule has 168 valence electrons. The molecule has 10 nitrogen and oxygen atoms in total. The van der Waals surface area contributed by atoms with Gasteiger partial charge < -0.3 is 15.4 Å². The summed E-state index contributed by atoms with van der Waals surface area (Å²) in [6.07, 6.45) is -0.0719. The van der Waals surface area contributed by atoms with Crippen molar-refractivity contribution in [3.63, 3.8) is 0 Å². The van der Waals surface area contributed by atoms with Gasteiger partial charge in [0.05, 0.1) is 17.1 Å². The predicted molar refractivity (Wildman–Crippen MR) is 125 cm³/mol. The Hall–Kier alpha value is -3.12. The number of allylic oxidation sites excluding steroid dienone is 1. The highest BCUT2D eigenvalue weighted by Gasteiger charge is 2.32. The van der Waals surface area contributed by atoms with Gasteiger partial charge in [-0.2, -0.15) is 0 Å². The first-order valence-electron chi connectivity index (χ1n) is 9.63. The standard InChI is InChI=1S/C20H21N5O5S2/c1-4-30-18(28)11-5-7-12(8-6-11)21-14(26)9-13-17(27)23-19(31-13)25-24-16-15(10(2)3)32-20(29)22-16/h5-8,13H,4,9H2,1-3H3,(H,21,26)(H,22,24,29)(H,23,25,27). The van der Waals surface area contributed by atoms with Crippen molar-refractivity contribution in [1.82, 2.24) is 10.6 Å². The molecule has 1 aromatic carbocycles. The topological polar surface area (TPSA) is 138 Å². The highest BCUT2D eigenvalue weighted by atomic mass is 32.2. The lowest BCUT2D eigenvalue weighted by atomic mass is 10.2. The largest absolute Gasteiger partial charge is 0.462 e. The molecule has 0 spiro atoms. The Balaban J connectivity index is 1.57. The van der Waals surface area contributed by atoms with Gasteiger partial charge in [0.2, 0.25) is 11.8 Å². The third-order valence-electron chi connectivity index (χ3n) is 4.15. The number of nitrogens with zero attached hydrogens (tertiary/aromatic N) is 2. The summed E-state index contributed by atoms with van der Waals surface area (Å²) in [4.78, 5) is 48.5. The van der Waals surface area contributed by atoms with Crippen LogP contribution in [-0.4, -0.2) is 45.9 Å². The van der Waals surface area contributed by atoms with Gasteiger partial charge in [0, 0.05) is 12.1 Å². The predicted octanol–water partition coefficient (Wildman–Crippen LogP) is 2.84. The molecule has 2 aliphatic rings. The zero-order chi connectivity index (χ0) is 23.3. The van der Waals surface area contributed by atoms with Gasteiger partial charge in [-0.1, -0.05) is 17.3 Å². The van der Waals surface area contributed by atoms with Gasteiger partial charge in [0.25, 0.3) is 5.24 Å². The number of amides is 3. The molecule has 1 aromatic rings. The smallest absolute Gasteiger partial charge is 0.338 e. The first-order chi connectivity index (χ1) is 15.3. The number of benzene rings is 1. The molecule has 1 atom stereocenters. The van der Waals surface area contributed by atoms with Crippen molar-refractivity contribution in [2.24, 2.45) is 10.2 Å². The first-order valence-corrected chi connectivity index (χ1v) is 11.3. The van der Waals surface area contributed by atoms with Crippen molar-refractivity contribution in [3.8, 4) is 0 Å². The van der Waals surface area contributed by atoms with Crippen molar-refractivity contribution >= 4 is 63.2 Å². The Morgan fingerprint density at radius 3 is 2.50 bits per heavy atom. The summed E-state index contributed by atoms with van der Waals surface area (Å²) in [5.41, 5.74) is 1.79. The number of hydrogen-bond donors (Lipinski definition) is 3. The average Bonchev–Trinajstić information content (AvgIpc) is 3.29. The highest BCUT2D eigenvalue weighted by Crippen LogP contribution is 2.28. The number of hydrogen-bond acceptors (Lipinski definition) is 9. The van der Waals surface area contributed by atoms with Gasteiger partial charge >= 0.3 is 5.97 Å². The molecule has 2 heterocycles. The van der Waals surface area contributed by atoms with Crippen molar-refractivity contribution < 1.29 is 23.9 Å². The van der Waals surface area contributed by atoms with Crippen molar-refractivity contribution in [2.45, 2.75) is 32.4 Å². The number of rotatable bonds is 6. The van der Waals surface area contributed by atoms with Crippen LogP contribution in [0.2, 0.25) is 0 Å². The summed E-state index contributed by atoms with van der Waals surface area (Å²) in [6, 6.07) is 6.28. The van der Waals surface area contributed by atoms with E-state index in [1.165, 1.54) is 0 Å². The van der Waals surface area contributed by atoms with E-state index in [0.29, 0.717) is 22.0 Å². The number of esters is 1. The van der Waals surface area contributed by atoms with E-state index in [9.17, 15) is 19.2 Å². The molecule has 3 amide bonds. The summed E-state index contributed by atoms with van der Waals surface area (Å²) in [5, 5.41) is 15.3. The molecule has 0 saturated carbocycles. The van der Waals surface area contributed by atoms with Gasteiger partial charge in [-0.15, -0.1) is 10.2 Å². The fraction of sp³-hybridized carbons (Fsp3) is 0.300. The van der Waals surface area contributed by atoms with Crippen LogP contribution in [-0.2, 0) is 14.3 Å². The normalized spacial score (nSPS) is 20.3. The Kier molecular flexibility index (Phi) is 7.70. The van der Waals surface area contributed by atoms with Crippen LogP contribution in [0.15, 0.2) is 44.9 Å². The van der Waals surface area contributed by atoms with Gasteiger partial charge in [-0.3, -0.25) is 19.7 Å². The third kappa shape index (κ3) is 5.98. The van der Waals surface area contributed by atoms with Crippen LogP contribution in [0.5, 0.6) is 0 Å². The van der Waals surface area contributed by atoms with Gasteiger partial charge in [0.1, 0.15) is 5.25 Å². The summed E-state index contributed by atoms with van der Waals surface area (Å²) >= 11 is 2.12. The molecule has 0 aliphatic carbocycles. The van der Waals surface area contributed by atoms with E-state index in [1.807, 2.05) is 13.8 Å². The summed E-state index contributed by atoms with van der Waals surface area (Å²) < 4.78 is 4.92. The molecule has 0 bridgehead atoms. The summed E-state index contributed by atoms with van der Waals surface area (Å²) in [5.74, 6) is -0.823. The number of nitrogens with one attached hydrogen (secondary N) is 3. The second kappa shape index (κ2) is 10.5. The van der Waals surface area contributed by atoms with Crippen LogP contribution in [0, 0.1) is 0 Å². The maximum Gasteiger partial charge on any atom is 0.338 e. The Labute approximate surface area is 192 Å². The van der Waals surface area contributed by atoms with Crippen molar-refractivity contribution in [1.29, 1.82) is 0 Å². The lowest BCUT2D eigenvalue weighted by molar-refractivity contribution is -0.122. The van der Waals surface area contributed by atoms with Crippen LogP contribution in [0.3, 0.4) is 0 Å². The molecule has 12 heteroatoms. The molecule has 2 aliphatic heterocycles. The lowest BCUT2D eigenvalue weighted by Crippen LogP contribution is -2.28. The zero-order valence-corrected chi connectivity index (χ0v) is 19.2. The Morgan fingerprint density at radius 1 is 1.12 bits per heavy atom. The molecular weight excluding hydrogens is 454 g/mol. The SMILES string of the molecule is CCOC(=O)c1ccc(NC(=O)CC2S/C(=N/N=C3/NC(=O)SC3=C(C)C)NC2=O)cc1. The lowest BCUT2D eigenvalue weighted by Gasteiger charge is -2.08. The van der Waals surface area contributed by atoms with Crippen LogP contribution in [0.1, 0.15) is 37.6 Å². The van der Waals surface area contributed by atoms with Crippen molar-refractivity contribution in [2.75, 3.05) is 11.9 Å². The highest BCUT2D eigenvalue weighted by molar-refractivity contribution is 8.18. The Bertz CT molecular complexity index is 1040. The summed E-state index contributed by atoms with van der Waals surface area (Å²) in [7, 11) is 0. The molecule has 0 aromatic heterocycles. The van der Waals surface area contributed by atoms with Crippen LogP contribution in [0.4, 0.5) is 10.5 Å². The number of carbonyl (C=O) groups excluding carboxylic acids is 4. The minimum Gasteiger partial charge on any atom is -0.462 e. The van der Waals surface area contributed by atoms with Gasteiger partial charge in [-0.05, 0) is 56.8 Å². The monoisotopic (exact) mass is 475 g/mol. The minimum absolute atomic E-state index is 0.0719. The van der Waals surface area contributed by atoms with Crippen LogP contribution < -0.4 is 16.0 Å². The van der Waals surface area contributed by atoms with E-state index in [4.69, 9.17) is 4.74 Å². The number of carbonyl (C=O) groups is 4. The van der Waals surface area contributed by atoms with E-state index in [-0.39, 0.29) is 35.2 Å². The molecule has 3 rings (SSSR count). The van der Waals surface area contributed by atoms with Crippen LogP contribution >= 0.6 is 23.5 Å². The van der Waals surface area contributed by atoms with E-state index >= 15 is 0 Å². The number of thioether (sulfide) groups is 2. The molecule has 32 heavy (non-hydrogen) atoms. The number of amidine groups is 2. The second-order valence-electron chi connectivity index (χ2n) is 6.84. The molecule has 0 radical (unpaired) electrons. The molecule has 3 N–H and O–H groups in total. The number of ether oxygens (including phenoxy) is 1. The van der Waals surface area contributed by atoms with E-state index in [1.54, 1.807) is 31.2 Å². The minimum atomic E-state index is -0.664. The maximum absolute atomic E-state index is 12.3. The van der Waals surface area contributed by atoms with Crippen molar-refractivity contribution in [3.05, 3.63) is 40.3 Å². The summed E-state index contributed by atoms with van der Waals surface area (Å²) in [6.45, 7) is 5.71. The maximum atomic E-state index is 12.3. The molecule has 2 saturated heterocycles. The average molecular weight is 476 g/mol. The second-order valence-corrected chi connectivity index (χ2v) is 9.02. The molecule has 1 unspecified atom stereocenters.